The number of methoxy groups -OCH3 is 1. The molecule has 38 heavy (non-hydrogen) atoms. The van der Waals surface area contributed by atoms with Gasteiger partial charge in [0.25, 0.3) is 0 Å². The number of hydrogen-bond acceptors (Lipinski definition) is 4. The Morgan fingerprint density at radius 3 is 1.97 bits per heavy atom. The Kier molecular flexibility index (Phi) is 9.79. The smallest absolute Gasteiger partial charge is 0.205 e. The zero-order chi connectivity index (χ0) is 27.0. The number of rotatable bonds is 13. The highest BCUT2D eigenvalue weighted by atomic mass is 28.4. The molecule has 0 aromatic heterocycles. The second-order valence-electron chi connectivity index (χ2n) is 11.2. The van der Waals surface area contributed by atoms with E-state index >= 15 is 0 Å². The van der Waals surface area contributed by atoms with Crippen LogP contribution in [0, 0.1) is 5.92 Å². The van der Waals surface area contributed by atoms with E-state index in [9.17, 15) is 0 Å². The average Bonchev–Trinajstić information content (AvgIpc) is 3.33. The second-order valence-corrected chi connectivity index (χ2v) is 19.5. The summed E-state index contributed by atoms with van der Waals surface area (Å²) in [5.41, 5.74) is 4.15. The predicted molar refractivity (Wildman–Crippen MR) is 161 cm³/mol. The molecule has 3 aromatic carbocycles. The van der Waals surface area contributed by atoms with E-state index < -0.39 is 16.6 Å². The van der Waals surface area contributed by atoms with E-state index in [1.165, 1.54) is 16.3 Å². The Hall–Kier alpha value is -2.49. The fraction of sp³-hybridized carbons (Fsp3) is 0.375. The molecule has 0 saturated heterocycles. The monoisotopic (exact) mass is 546 g/mol. The lowest BCUT2D eigenvalue weighted by Crippen LogP contribution is -2.55. The topological polar surface area (TPSA) is 36.9 Å². The molecule has 0 bridgehead atoms. The Morgan fingerprint density at radius 2 is 1.32 bits per heavy atom. The van der Waals surface area contributed by atoms with Crippen LogP contribution >= 0.6 is 0 Å². The fourth-order valence-electron chi connectivity index (χ4n) is 5.53. The highest BCUT2D eigenvalue weighted by molar-refractivity contribution is 6.92. The first kappa shape index (κ1) is 28.5. The highest BCUT2D eigenvalue weighted by Crippen LogP contribution is 2.45. The maximum Gasteiger partial charge on any atom is 0.205 e. The zero-order valence-corrected chi connectivity index (χ0v) is 25.5. The van der Waals surface area contributed by atoms with Gasteiger partial charge in [-0.1, -0.05) is 78.9 Å². The van der Waals surface area contributed by atoms with Crippen molar-refractivity contribution in [1.29, 1.82) is 0 Å². The van der Waals surface area contributed by atoms with Crippen molar-refractivity contribution in [2.24, 2.45) is 5.92 Å². The third-order valence-electron chi connectivity index (χ3n) is 7.58. The molecule has 3 aromatic rings. The van der Waals surface area contributed by atoms with Gasteiger partial charge in [-0.05, 0) is 72.2 Å². The molecule has 4 nitrogen and oxygen atoms in total. The lowest BCUT2D eigenvalue weighted by molar-refractivity contribution is 0.0835. The Bertz CT molecular complexity index is 1160. The minimum atomic E-state index is -2.08. The van der Waals surface area contributed by atoms with Gasteiger partial charge < -0.3 is 18.3 Å². The van der Waals surface area contributed by atoms with E-state index in [0.717, 1.165) is 17.7 Å². The van der Waals surface area contributed by atoms with E-state index in [-0.39, 0.29) is 0 Å². The minimum absolute atomic E-state index is 0.303. The molecular formula is C32H42O4Si2. The standard InChI is InChI=1S/C32H42O4Si2/c1-33-29-19-16-27(17-20-29)23-34-24-28-18-21-32(31(28)25-35-22-26-12-8-6-9-13-26)38(4,5)36-37(2,3)30-14-10-7-11-15-30/h6-20,31-32H,21-25H2,1-5H3/t31-,32-/m0/s1. The summed E-state index contributed by atoms with van der Waals surface area (Å²) in [5, 5.41) is 1.35. The van der Waals surface area contributed by atoms with Crippen LogP contribution in [0.2, 0.25) is 31.7 Å². The summed E-state index contributed by atoms with van der Waals surface area (Å²) >= 11 is 0. The molecule has 2 atom stereocenters. The van der Waals surface area contributed by atoms with E-state index in [4.69, 9.17) is 18.3 Å². The first-order valence-electron chi connectivity index (χ1n) is 13.6. The van der Waals surface area contributed by atoms with Crippen LogP contribution in [-0.4, -0.2) is 37.0 Å². The summed E-state index contributed by atoms with van der Waals surface area (Å²) in [5.74, 6) is 1.16. The van der Waals surface area contributed by atoms with E-state index in [0.29, 0.717) is 37.9 Å². The van der Waals surface area contributed by atoms with Gasteiger partial charge in [0.1, 0.15) is 5.75 Å². The minimum Gasteiger partial charge on any atom is -0.497 e. The summed E-state index contributed by atoms with van der Waals surface area (Å²) in [6.07, 6.45) is 3.42. The molecule has 1 aliphatic rings. The number of allylic oxidation sites excluding steroid dienone is 1. The predicted octanol–water partition coefficient (Wildman–Crippen LogP) is 7.08. The molecule has 202 valence electrons. The first-order chi connectivity index (χ1) is 18.3. The third-order valence-corrected chi connectivity index (χ3v) is 15.9. The van der Waals surface area contributed by atoms with Gasteiger partial charge in [-0.25, -0.2) is 0 Å². The van der Waals surface area contributed by atoms with E-state index in [1.807, 2.05) is 18.2 Å². The van der Waals surface area contributed by atoms with Gasteiger partial charge in [-0.2, -0.15) is 0 Å². The highest BCUT2D eigenvalue weighted by Gasteiger charge is 2.46. The van der Waals surface area contributed by atoms with Crippen LogP contribution < -0.4 is 9.92 Å². The fourth-order valence-corrected chi connectivity index (χ4v) is 14.8. The molecular weight excluding hydrogens is 505 g/mol. The molecule has 1 aliphatic carbocycles. The van der Waals surface area contributed by atoms with Gasteiger partial charge >= 0.3 is 0 Å². The van der Waals surface area contributed by atoms with Gasteiger partial charge in [-0.15, -0.1) is 0 Å². The lowest BCUT2D eigenvalue weighted by Gasteiger charge is -2.41. The molecule has 0 amide bonds. The van der Waals surface area contributed by atoms with Crippen LogP contribution in [0.15, 0.2) is 96.6 Å². The molecule has 4 rings (SSSR count). The van der Waals surface area contributed by atoms with Crippen molar-refractivity contribution in [3.63, 3.8) is 0 Å². The van der Waals surface area contributed by atoms with Crippen molar-refractivity contribution in [3.8, 4) is 5.75 Å². The maximum absolute atomic E-state index is 7.17. The van der Waals surface area contributed by atoms with Crippen molar-refractivity contribution in [2.75, 3.05) is 20.3 Å². The lowest BCUT2D eigenvalue weighted by atomic mass is 10.0. The van der Waals surface area contributed by atoms with Gasteiger partial charge in [0.05, 0.1) is 33.5 Å². The SMILES string of the molecule is COc1ccc(COCC2=CC[C@H]([Si](C)(C)O[Si](C)(C)c3ccccc3)[C@H]2COCc2ccccc2)cc1. The molecule has 6 heteroatoms. The third kappa shape index (κ3) is 7.55. The van der Waals surface area contributed by atoms with Crippen LogP contribution in [0.3, 0.4) is 0 Å². The van der Waals surface area contributed by atoms with Crippen LogP contribution in [0.25, 0.3) is 0 Å². The maximum atomic E-state index is 7.17. The quantitative estimate of drug-likeness (QED) is 0.170. The number of benzene rings is 3. The Morgan fingerprint density at radius 1 is 0.711 bits per heavy atom. The van der Waals surface area contributed by atoms with Gasteiger partial charge in [0, 0.05) is 5.92 Å². The van der Waals surface area contributed by atoms with Crippen molar-refractivity contribution in [2.45, 2.75) is 51.4 Å². The van der Waals surface area contributed by atoms with E-state index in [2.05, 4.69) is 99.0 Å². The number of hydrogen-bond donors (Lipinski definition) is 0. The van der Waals surface area contributed by atoms with Gasteiger partial charge in [-0.3, -0.25) is 0 Å². The van der Waals surface area contributed by atoms with E-state index in [1.54, 1.807) is 7.11 Å². The summed E-state index contributed by atoms with van der Waals surface area (Å²) in [4.78, 5) is 0. The first-order valence-corrected chi connectivity index (χ1v) is 19.4. The van der Waals surface area contributed by atoms with Crippen molar-refractivity contribution in [3.05, 3.63) is 108 Å². The summed E-state index contributed by atoms with van der Waals surface area (Å²) < 4.78 is 25.0. The normalized spacial score (nSPS) is 17.9. The van der Waals surface area contributed by atoms with Crippen LogP contribution in [0.4, 0.5) is 0 Å². The largest absolute Gasteiger partial charge is 0.497 e. The molecule has 0 spiro atoms. The second kappa shape index (κ2) is 13.0. The van der Waals surface area contributed by atoms with Gasteiger partial charge in [0.2, 0.25) is 8.32 Å². The van der Waals surface area contributed by atoms with Gasteiger partial charge in [0.15, 0.2) is 8.32 Å². The summed E-state index contributed by atoms with van der Waals surface area (Å²) in [7, 11) is -2.43. The molecule has 0 aliphatic heterocycles. The molecule has 0 radical (unpaired) electrons. The summed E-state index contributed by atoms with van der Waals surface area (Å²) in [6.45, 7) is 12.0. The number of ether oxygens (including phenoxy) is 3. The molecule has 0 fully saturated rings. The molecule has 0 N–H and O–H groups in total. The molecule has 0 saturated carbocycles. The van der Waals surface area contributed by atoms with Crippen LogP contribution in [0.5, 0.6) is 5.75 Å². The van der Waals surface area contributed by atoms with Crippen molar-refractivity contribution in [1.82, 2.24) is 0 Å². The van der Waals surface area contributed by atoms with Crippen molar-refractivity contribution < 1.29 is 18.3 Å². The average molecular weight is 547 g/mol. The Balaban J connectivity index is 1.44. The summed E-state index contributed by atoms with van der Waals surface area (Å²) in [6, 6.07) is 29.3. The Labute approximate surface area is 230 Å². The molecule has 0 heterocycles. The van der Waals surface area contributed by atoms with Crippen molar-refractivity contribution >= 4 is 21.8 Å². The van der Waals surface area contributed by atoms with Crippen LogP contribution in [-0.2, 0) is 26.8 Å². The van der Waals surface area contributed by atoms with Crippen LogP contribution in [0.1, 0.15) is 17.5 Å². The zero-order valence-electron chi connectivity index (χ0n) is 23.5. The molecule has 0 unspecified atom stereocenters.